The molecule has 1 saturated carbocycles. The van der Waals surface area contributed by atoms with Gasteiger partial charge in [0.25, 0.3) is 5.91 Å². The second-order valence-electron chi connectivity index (χ2n) is 6.04. The van der Waals surface area contributed by atoms with Crippen molar-refractivity contribution in [1.29, 1.82) is 0 Å². The summed E-state index contributed by atoms with van der Waals surface area (Å²) in [6, 6.07) is 5.98. The molecular formula is C18H19FN4O2. The topological polar surface area (TPSA) is 76.0 Å². The van der Waals surface area contributed by atoms with E-state index in [9.17, 15) is 14.0 Å². The van der Waals surface area contributed by atoms with E-state index >= 15 is 0 Å². The average Bonchev–Trinajstić information content (AvgIpc) is 2.90. The van der Waals surface area contributed by atoms with Crippen molar-refractivity contribution < 1.29 is 14.0 Å². The van der Waals surface area contributed by atoms with Gasteiger partial charge in [0.05, 0.1) is 17.4 Å². The van der Waals surface area contributed by atoms with Gasteiger partial charge < -0.3 is 10.6 Å². The largest absolute Gasteiger partial charge is 0.321 e. The Morgan fingerprint density at radius 2 is 2.08 bits per heavy atom. The van der Waals surface area contributed by atoms with Gasteiger partial charge >= 0.3 is 0 Å². The Bertz CT molecular complexity index is 840. The first-order valence-corrected chi connectivity index (χ1v) is 8.08. The van der Waals surface area contributed by atoms with Crippen LogP contribution in [0.5, 0.6) is 0 Å². The Kier molecular flexibility index (Phi) is 4.65. The number of amides is 2. The highest BCUT2D eigenvalue weighted by Crippen LogP contribution is 2.32. The molecule has 25 heavy (non-hydrogen) atoms. The van der Waals surface area contributed by atoms with E-state index in [1.54, 1.807) is 10.7 Å². The molecule has 0 atom stereocenters. The lowest BCUT2D eigenvalue weighted by molar-refractivity contribution is -0.111. The van der Waals surface area contributed by atoms with Gasteiger partial charge in [-0.1, -0.05) is 6.58 Å². The van der Waals surface area contributed by atoms with Gasteiger partial charge in [0, 0.05) is 5.69 Å². The van der Waals surface area contributed by atoms with Gasteiger partial charge in [-0.05, 0) is 56.5 Å². The molecule has 1 aliphatic rings. The van der Waals surface area contributed by atoms with Crippen LogP contribution in [0.15, 0.2) is 36.9 Å². The number of carbonyl (C=O) groups is 2. The number of anilines is 2. The van der Waals surface area contributed by atoms with E-state index in [1.807, 2.05) is 6.92 Å². The van der Waals surface area contributed by atoms with Crippen molar-refractivity contribution in [3.05, 3.63) is 54.1 Å². The van der Waals surface area contributed by atoms with Crippen LogP contribution in [-0.2, 0) is 4.79 Å². The number of halogens is 1. The quantitative estimate of drug-likeness (QED) is 0.817. The van der Waals surface area contributed by atoms with Crippen LogP contribution in [0, 0.1) is 12.7 Å². The standard InChI is InChI=1S/C18H19FN4O2/c1-3-17(24)21-15-10-12(7-8-14(15)19)20-18(25)16-9-11(2)22-23(16)13-5-4-6-13/h3,7-10,13H,1,4-6H2,2H3,(H,20,25)(H,21,24). The second-order valence-corrected chi connectivity index (χ2v) is 6.04. The van der Waals surface area contributed by atoms with Gasteiger partial charge in [-0.3, -0.25) is 14.3 Å². The summed E-state index contributed by atoms with van der Waals surface area (Å²) < 4.78 is 15.5. The maximum absolute atomic E-state index is 13.8. The highest BCUT2D eigenvalue weighted by molar-refractivity contribution is 6.04. The van der Waals surface area contributed by atoms with Crippen LogP contribution in [0.3, 0.4) is 0 Å². The Labute approximate surface area is 144 Å². The van der Waals surface area contributed by atoms with Gasteiger partial charge in [0.1, 0.15) is 11.5 Å². The normalized spacial score (nSPS) is 13.8. The van der Waals surface area contributed by atoms with Crippen LogP contribution in [0.4, 0.5) is 15.8 Å². The number of rotatable bonds is 5. The van der Waals surface area contributed by atoms with Gasteiger partial charge in [-0.2, -0.15) is 5.10 Å². The van der Waals surface area contributed by atoms with Crippen LogP contribution in [0.25, 0.3) is 0 Å². The molecule has 1 aromatic carbocycles. The Hall–Kier alpha value is -2.96. The zero-order chi connectivity index (χ0) is 18.0. The van der Waals surface area contributed by atoms with E-state index < -0.39 is 11.7 Å². The molecule has 0 saturated heterocycles. The third-order valence-electron chi connectivity index (χ3n) is 4.18. The predicted molar refractivity (Wildman–Crippen MR) is 93.0 cm³/mol. The van der Waals surface area contributed by atoms with Crippen molar-refractivity contribution in [2.24, 2.45) is 0 Å². The van der Waals surface area contributed by atoms with Crippen molar-refractivity contribution in [2.75, 3.05) is 10.6 Å². The van der Waals surface area contributed by atoms with Crippen molar-refractivity contribution in [2.45, 2.75) is 32.2 Å². The van der Waals surface area contributed by atoms with Crippen LogP contribution in [0.1, 0.15) is 41.5 Å². The molecule has 7 heteroatoms. The summed E-state index contributed by atoms with van der Waals surface area (Å²) >= 11 is 0. The molecule has 1 heterocycles. The van der Waals surface area contributed by atoms with E-state index in [1.165, 1.54) is 18.2 Å². The van der Waals surface area contributed by atoms with Crippen LogP contribution in [0.2, 0.25) is 0 Å². The zero-order valence-electron chi connectivity index (χ0n) is 13.9. The molecule has 2 N–H and O–H groups in total. The lowest BCUT2D eigenvalue weighted by atomic mass is 9.93. The molecule has 2 amide bonds. The van der Waals surface area contributed by atoms with E-state index in [0.29, 0.717) is 11.4 Å². The maximum atomic E-state index is 13.8. The minimum atomic E-state index is -0.594. The first-order chi connectivity index (χ1) is 12.0. The number of hydrogen-bond donors (Lipinski definition) is 2. The Morgan fingerprint density at radius 1 is 1.32 bits per heavy atom. The van der Waals surface area contributed by atoms with Crippen molar-refractivity contribution in [1.82, 2.24) is 9.78 Å². The molecule has 0 radical (unpaired) electrons. The number of aromatic nitrogens is 2. The average molecular weight is 342 g/mol. The van der Waals surface area contributed by atoms with E-state index in [0.717, 1.165) is 31.0 Å². The molecule has 1 aromatic heterocycles. The summed E-state index contributed by atoms with van der Waals surface area (Å²) in [5.41, 5.74) is 1.61. The lowest BCUT2D eigenvalue weighted by Gasteiger charge is -2.27. The summed E-state index contributed by atoms with van der Waals surface area (Å²) in [6.07, 6.45) is 4.20. The van der Waals surface area contributed by atoms with Crippen LogP contribution < -0.4 is 10.6 Å². The minimum absolute atomic E-state index is 0.0219. The van der Waals surface area contributed by atoms with Gasteiger partial charge in [0.15, 0.2) is 0 Å². The highest BCUT2D eigenvalue weighted by atomic mass is 19.1. The Morgan fingerprint density at radius 3 is 2.72 bits per heavy atom. The first-order valence-electron chi connectivity index (χ1n) is 8.08. The number of nitrogens with zero attached hydrogens (tertiary/aromatic N) is 2. The molecule has 1 aliphatic carbocycles. The SMILES string of the molecule is C=CC(=O)Nc1cc(NC(=O)c2cc(C)nn2C2CCC2)ccc1F. The lowest BCUT2D eigenvalue weighted by Crippen LogP contribution is -2.25. The highest BCUT2D eigenvalue weighted by Gasteiger charge is 2.25. The number of benzene rings is 1. The van der Waals surface area contributed by atoms with Crippen molar-refractivity contribution in [3.63, 3.8) is 0 Å². The number of hydrogen-bond acceptors (Lipinski definition) is 3. The number of aryl methyl sites for hydroxylation is 1. The van der Waals surface area contributed by atoms with E-state index in [4.69, 9.17) is 0 Å². The fraction of sp³-hybridized carbons (Fsp3) is 0.278. The minimum Gasteiger partial charge on any atom is -0.321 e. The molecule has 6 nitrogen and oxygen atoms in total. The third kappa shape index (κ3) is 3.60. The summed E-state index contributed by atoms with van der Waals surface area (Å²) in [7, 11) is 0. The van der Waals surface area contributed by atoms with Crippen molar-refractivity contribution in [3.8, 4) is 0 Å². The third-order valence-corrected chi connectivity index (χ3v) is 4.18. The smallest absolute Gasteiger partial charge is 0.273 e. The van der Waals surface area contributed by atoms with E-state index in [2.05, 4.69) is 22.3 Å². The molecule has 0 spiro atoms. The molecule has 1 fully saturated rings. The zero-order valence-corrected chi connectivity index (χ0v) is 13.9. The fourth-order valence-electron chi connectivity index (χ4n) is 2.67. The first kappa shape index (κ1) is 16.9. The van der Waals surface area contributed by atoms with Crippen LogP contribution >= 0.6 is 0 Å². The number of nitrogens with one attached hydrogen (secondary N) is 2. The number of carbonyl (C=O) groups excluding carboxylic acids is 2. The Balaban J connectivity index is 1.80. The van der Waals surface area contributed by atoms with E-state index in [-0.39, 0.29) is 17.6 Å². The molecule has 3 rings (SSSR count). The summed E-state index contributed by atoms with van der Waals surface area (Å²) in [5, 5.41) is 9.50. The summed E-state index contributed by atoms with van der Waals surface area (Å²) in [4.78, 5) is 24.0. The monoisotopic (exact) mass is 342 g/mol. The molecule has 0 unspecified atom stereocenters. The second kappa shape index (κ2) is 6.88. The van der Waals surface area contributed by atoms with Gasteiger partial charge in [-0.25, -0.2) is 4.39 Å². The molecule has 130 valence electrons. The molecule has 2 aromatic rings. The summed E-state index contributed by atoms with van der Waals surface area (Å²) in [6.45, 7) is 5.17. The summed E-state index contributed by atoms with van der Waals surface area (Å²) in [5.74, 6) is -1.44. The maximum Gasteiger partial charge on any atom is 0.273 e. The molecule has 0 bridgehead atoms. The fourth-order valence-corrected chi connectivity index (χ4v) is 2.67. The van der Waals surface area contributed by atoms with Gasteiger partial charge in [0.2, 0.25) is 5.91 Å². The predicted octanol–water partition coefficient (Wildman–Crippen LogP) is 3.43. The molecular weight excluding hydrogens is 323 g/mol. The molecule has 0 aliphatic heterocycles. The van der Waals surface area contributed by atoms with Crippen molar-refractivity contribution >= 4 is 23.2 Å². The van der Waals surface area contributed by atoms with Gasteiger partial charge in [-0.15, -0.1) is 0 Å². The van der Waals surface area contributed by atoms with Crippen LogP contribution in [-0.4, -0.2) is 21.6 Å².